The third-order valence-electron chi connectivity index (χ3n) is 6.44. The van der Waals surface area contributed by atoms with E-state index in [2.05, 4.69) is 20.8 Å². The van der Waals surface area contributed by atoms with E-state index in [1.807, 2.05) is 25.7 Å². The second kappa shape index (κ2) is 7.64. The number of morpholine rings is 1. The number of nitrogens with zero attached hydrogens (tertiary/aromatic N) is 4. The van der Waals surface area contributed by atoms with Crippen molar-refractivity contribution in [3.8, 4) is 0 Å². The van der Waals surface area contributed by atoms with Crippen LogP contribution in [0.2, 0.25) is 0 Å². The number of carbonyl (C=O) groups excluding carboxylic acids is 4. The summed E-state index contributed by atoms with van der Waals surface area (Å²) in [6.45, 7) is 7.62. The largest absolute Gasteiger partial charge is 0.372 e. The van der Waals surface area contributed by atoms with Crippen molar-refractivity contribution in [1.82, 2.24) is 25.2 Å². The number of hydrogen-bond acceptors (Lipinski definition) is 9. The van der Waals surface area contributed by atoms with Gasteiger partial charge >= 0.3 is 6.03 Å². The molecule has 2 aromatic heterocycles. The highest BCUT2D eigenvalue weighted by Gasteiger charge is 2.65. The molecular formula is C21H23ClN6O6. The molecule has 180 valence electrons. The van der Waals surface area contributed by atoms with Gasteiger partial charge in [0, 0.05) is 36.9 Å². The van der Waals surface area contributed by atoms with Crippen molar-refractivity contribution in [3.63, 3.8) is 0 Å². The van der Waals surface area contributed by atoms with Crippen LogP contribution in [-0.2, 0) is 20.7 Å². The Bertz CT molecular complexity index is 1250. The molecule has 1 spiro atoms. The highest BCUT2D eigenvalue weighted by molar-refractivity contribution is 6.36. The van der Waals surface area contributed by atoms with Crippen LogP contribution in [0.3, 0.4) is 0 Å². The zero-order valence-electron chi connectivity index (χ0n) is 18.9. The van der Waals surface area contributed by atoms with Gasteiger partial charge in [0.2, 0.25) is 5.91 Å². The van der Waals surface area contributed by atoms with Gasteiger partial charge in [0.15, 0.2) is 16.7 Å². The van der Waals surface area contributed by atoms with Crippen LogP contribution in [0.1, 0.15) is 43.9 Å². The number of pyridine rings is 1. The van der Waals surface area contributed by atoms with Crippen molar-refractivity contribution in [2.45, 2.75) is 58.4 Å². The average Bonchev–Trinajstić information content (AvgIpc) is 3.17. The summed E-state index contributed by atoms with van der Waals surface area (Å²) in [5, 5.41) is 8.83. The van der Waals surface area contributed by atoms with Gasteiger partial charge in [0.25, 0.3) is 11.8 Å². The van der Waals surface area contributed by atoms with Crippen molar-refractivity contribution in [1.29, 1.82) is 0 Å². The molecule has 5 rings (SSSR count). The number of fused-ring (bicyclic) bond motifs is 5. The molecule has 2 aromatic rings. The van der Waals surface area contributed by atoms with Crippen LogP contribution >= 0.6 is 11.8 Å². The van der Waals surface area contributed by atoms with Crippen molar-refractivity contribution in [2.75, 3.05) is 11.4 Å². The number of urea groups is 1. The maximum atomic E-state index is 13.4. The SMILES string of the molecule is CC(C)NC(=O)c1noc2cc3c(nc12)CC1(C(=O)NC(=O)N(Cl)C1=O)[C@H]1[C@H](C)O[C@H](C)CN31. The maximum Gasteiger partial charge on any atom is 0.345 e. The van der Waals surface area contributed by atoms with Gasteiger partial charge in [0.1, 0.15) is 5.52 Å². The zero-order valence-corrected chi connectivity index (χ0v) is 19.7. The van der Waals surface area contributed by atoms with E-state index in [1.54, 1.807) is 13.0 Å². The van der Waals surface area contributed by atoms with Crippen molar-refractivity contribution >= 4 is 52.3 Å². The Morgan fingerprint density at radius 2 is 2.06 bits per heavy atom. The summed E-state index contributed by atoms with van der Waals surface area (Å²) in [7, 11) is 0. The first-order valence-corrected chi connectivity index (χ1v) is 11.3. The van der Waals surface area contributed by atoms with Gasteiger partial charge in [-0.15, -0.1) is 0 Å². The molecule has 13 heteroatoms. The van der Waals surface area contributed by atoms with Crippen LogP contribution < -0.4 is 15.5 Å². The molecule has 2 fully saturated rings. The van der Waals surface area contributed by atoms with Gasteiger partial charge in [-0.2, -0.15) is 4.42 Å². The Balaban J connectivity index is 1.70. The number of aromatic nitrogens is 2. The van der Waals surface area contributed by atoms with Crippen LogP contribution in [0.15, 0.2) is 10.6 Å². The van der Waals surface area contributed by atoms with E-state index in [-0.39, 0.29) is 29.8 Å². The van der Waals surface area contributed by atoms with Gasteiger partial charge in [-0.1, -0.05) is 5.16 Å². The number of imide groups is 2. The fourth-order valence-electron chi connectivity index (χ4n) is 5.21. The number of barbiturate groups is 1. The van der Waals surface area contributed by atoms with E-state index in [9.17, 15) is 19.2 Å². The van der Waals surface area contributed by atoms with E-state index < -0.39 is 41.3 Å². The van der Waals surface area contributed by atoms with Crippen LogP contribution in [-0.4, -0.2) is 69.1 Å². The van der Waals surface area contributed by atoms with Crippen molar-refractivity contribution in [2.24, 2.45) is 5.41 Å². The Morgan fingerprint density at radius 3 is 2.76 bits per heavy atom. The number of ether oxygens (including phenoxy) is 1. The second-order valence-corrected chi connectivity index (χ2v) is 9.54. The van der Waals surface area contributed by atoms with E-state index in [1.165, 1.54) is 0 Å². The lowest BCUT2D eigenvalue weighted by Gasteiger charge is -2.55. The number of anilines is 1. The second-order valence-electron chi connectivity index (χ2n) is 9.20. The van der Waals surface area contributed by atoms with E-state index in [0.29, 0.717) is 27.9 Å². The molecule has 2 saturated heterocycles. The molecule has 34 heavy (non-hydrogen) atoms. The number of hydrogen-bond donors (Lipinski definition) is 2. The number of rotatable bonds is 2. The molecule has 0 radical (unpaired) electrons. The molecular weight excluding hydrogens is 468 g/mol. The Morgan fingerprint density at radius 1 is 1.32 bits per heavy atom. The summed E-state index contributed by atoms with van der Waals surface area (Å²) < 4.78 is 11.8. The minimum atomic E-state index is -1.76. The summed E-state index contributed by atoms with van der Waals surface area (Å²) >= 11 is 6.00. The molecule has 5 amide bonds. The van der Waals surface area contributed by atoms with E-state index in [0.717, 1.165) is 0 Å². The summed E-state index contributed by atoms with van der Waals surface area (Å²) in [4.78, 5) is 57.9. The summed E-state index contributed by atoms with van der Waals surface area (Å²) in [6, 6.07) is -0.194. The topological polar surface area (TPSA) is 147 Å². The predicted molar refractivity (Wildman–Crippen MR) is 118 cm³/mol. The van der Waals surface area contributed by atoms with Crippen molar-refractivity contribution in [3.05, 3.63) is 17.5 Å². The van der Waals surface area contributed by atoms with Gasteiger partial charge in [-0.3, -0.25) is 19.7 Å². The fourth-order valence-corrected chi connectivity index (χ4v) is 5.40. The fraction of sp³-hybridized carbons (Fsp3) is 0.524. The summed E-state index contributed by atoms with van der Waals surface area (Å²) in [6.07, 6.45) is -0.927. The first kappa shape index (κ1) is 22.5. The minimum absolute atomic E-state index is 0.0000398. The first-order chi connectivity index (χ1) is 16.0. The molecule has 0 bridgehead atoms. The lowest BCUT2D eigenvalue weighted by Crippen LogP contribution is -2.74. The van der Waals surface area contributed by atoms with E-state index >= 15 is 0 Å². The Hall–Kier alpha value is -3.25. The number of carbonyl (C=O) groups is 4. The number of amides is 5. The maximum absolute atomic E-state index is 13.4. The van der Waals surface area contributed by atoms with Crippen LogP contribution in [0.4, 0.5) is 10.5 Å². The standard InChI is InChI=1S/C21H23ClN6O6/c1-8(2)23-17(29)15-14-13(34-26-15)5-12-11(24-14)6-21(16-10(4)33-9(3)7-27(12)16)18(30)25-20(32)28(22)19(21)31/h5,8-10,16H,6-7H2,1-4H3,(H,23,29)(H,25,30,32)/t9-,10+,16-,21?/m1/s1. The quantitative estimate of drug-likeness (QED) is 0.466. The van der Waals surface area contributed by atoms with Crippen LogP contribution in [0.25, 0.3) is 11.1 Å². The molecule has 2 N–H and O–H groups in total. The first-order valence-electron chi connectivity index (χ1n) is 10.9. The molecule has 12 nitrogen and oxygen atoms in total. The minimum Gasteiger partial charge on any atom is -0.372 e. The lowest BCUT2D eigenvalue weighted by atomic mass is 9.67. The third-order valence-corrected chi connectivity index (χ3v) is 6.75. The molecule has 5 heterocycles. The molecule has 1 unspecified atom stereocenters. The van der Waals surface area contributed by atoms with E-state index in [4.69, 9.17) is 21.0 Å². The third kappa shape index (κ3) is 3.08. The molecule has 0 aliphatic carbocycles. The Kier molecular flexibility index (Phi) is 5.06. The van der Waals surface area contributed by atoms with Gasteiger partial charge in [-0.25, -0.2) is 9.78 Å². The highest BCUT2D eigenvalue weighted by Crippen LogP contribution is 2.48. The predicted octanol–water partition coefficient (Wildman–Crippen LogP) is 1.12. The molecule has 0 saturated carbocycles. The van der Waals surface area contributed by atoms with Crippen molar-refractivity contribution < 1.29 is 28.4 Å². The lowest BCUT2D eigenvalue weighted by molar-refractivity contribution is -0.157. The Labute approximate surface area is 199 Å². The zero-order chi connectivity index (χ0) is 24.5. The number of nitrogens with one attached hydrogen (secondary N) is 2. The normalized spacial score (nSPS) is 28.9. The highest BCUT2D eigenvalue weighted by atomic mass is 35.5. The van der Waals surface area contributed by atoms with Gasteiger partial charge in [-0.05, 0) is 27.7 Å². The average molecular weight is 491 g/mol. The van der Waals surface area contributed by atoms with Gasteiger partial charge in [0.05, 0.1) is 29.6 Å². The summed E-state index contributed by atoms with van der Waals surface area (Å²) in [5.41, 5.74) is -0.240. The summed E-state index contributed by atoms with van der Waals surface area (Å²) in [5.74, 6) is -2.07. The molecule has 0 aromatic carbocycles. The molecule has 3 aliphatic heterocycles. The van der Waals surface area contributed by atoms with Crippen LogP contribution in [0, 0.1) is 5.41 Å². The monoisotopic (exact) mass is 490 g/mol. The smallest absolute Gasteiger partial charge is 0.345 e. The van der Waals surface area contributed by atoms with Gasteiger partial charge < -0.3 is 19.5 Å². The molecule has 3 aliphatic rings. The molecule has 4 atom stereocenters. The van der Waals surface area contributed by atoms with Crippen LogP contribution in [0.5, 0.6) is 0 Å². The number of halogens is 1.